The molecule has 0 saturated heterocycles. The summed E-state index contributed by atoms with van der Waals surface area (Å²) in [7, 11) is 0. The number of hydrogen-bond donors (Lipinski definition) is 2. The van der Waals surface area contributed by atoms with Gasteiger partial charge in [0.05, 0.1) is 5.56 Å². The molecule has 0 radical (unpaired) electrons. The van der Waals surface area contributed by atoms with Crippen LogP contribution in [0.25, 0.3) is 11.3 Å². The van der Waals surface area contributed by atoms with Crippen molar-refractivity contribution in [3.63, 3.8) is 0 Å². The monoisotopic (exact) mass is 431 g/mol. The van der Waals surface area contributed by atoms with Crippen molar-refractivity contribution in [1.29, 1.82) is 0 Å². The normalized spacial score (nSPS) is 10.9. The number of benzene rings is 1. The summed E-state index contributed by atoms with van der Waals surface area (Å²) in [6.07, 6.45) is 0.889. The van der Waals surface area contributed by atoms with Gasteiger partial charge < -0.3 is 19.6 Å². The van der Waals surface area contributed by atoms with Crippen LogP contribution >= 0.6 is 15.9 Å². The lowest BCUT2D eigenvalue weighted by atomic mass is 10.00. The third-order valence-corrected chi connectivity index (χ3v) is 4.26. The van der Waals surface area contributed by atoms with Crippen LogP contribution in [0.1, 0.15) is 35.5 Å². The number of aromatic amines is 1. The molecule has 0 aliphatic heterocycles. The van der Waals surface area contributed by atoms with Gasteiger partial charge in [-0.25, -0.2) is 4.79 Å². The zero-order valence-corrected chi connectivity index (χ0v) is 16.6. The zero-order valence-electron chi connectivity index (χ0n) is 15.0. The van der Waals surface area contributed by atoms with Crippen LogP contribution in [0.2, 0.25) is 0 Å². The Morgan fingerprint density at radius 2 is 1.96 bits per heavy atom. The Morgan fingerprint density at radius 3 is 2.63 bits per heavy atom. The van der Waals surface area contributed by atoms with E-state index in [0.717, 1.165) is 10.0 Å². The maximum atomic E-state index is 13.0. The standard InChI is InChI=1S/C19H18BrN3O4/c1-10(2)22-19(25)26-15-8-13(9-21-15)18(24)16-11(3)27-23-17(16)12-4-6-14(20)7-5-12/h4-10,21H,1-3H3,(H,22,25). The number of nitrogens with one attached hydrogen (secondary N) is 2. The molecule has 2 N–H and O–H groups in total. The van der Waals surface area contributed by atoms with E-state index in [2.05, 4.69) is 31.4 Å². The summed E-state index contributed by atoms with van der Waals surface area (Å²) in [5.41, 5.74) is 1.94. The van der Waals surface area contributed by atoms with Crippen molar-refractivity contribution < 1.29 is 18.8 Å². The van der Waals surface area contributed by atoms with Gasteiger partial charge in [-0.15, -0.1) is 0 Å². The van der Waals surface area contributed by atoms with E-state index in [1.807, 2.05) is 38.1 Å². The molecule has 27 heavy (non-hydrogen) atoms. The van der Waals surface area contributed by atoms with Crippen molar-refractivity contribution in [3.8, 4) is 17.1 Å². The molecule has 3 rings (SSSR count). The molecule has 3 aromatic rings. The van der Waals surface area contributed by atoms with Gasteiger partial charge >= 0.3 is 6.09 Å². The summed E-state index contributed by atoms with van der Waals surface area (Å²) in [6, 6.07) is 8.84. The number of ether oxygens (including phenoxy) is 1. The molecule has 8 heteroatoms. The molecule has 0 spiro atoms. The van der Waals surface area contributed by atoms with Crippen LogP contribution in [0.4, 0.5) is 4.79 Å². The molecule has 2 aromatic heterocycles. The minimum atomic E-state index is -0.595. The smallest absolute Gasteiger partial charge is 0.393 e. The largest absolute Gasteiger partial charge is 0.414 e. The second-order valence-corrected chi connectivity index (χ2v) is 7.16. The Morgan fingerprint density at radius 1 is 1.26 bits per heavy atom. The van der Waals surface area contributed by atoms with Crippen molar-refractivity contribution in [1.82, 2.24) is 15.5 Å². The van der Waals surface area contributed by atoms with Crippen molar-refractivity contribution in [2.45, 2.75) is 26.8 Å². The highest BCUT2D eigenvalue weighted by molar-refractivity contribution is 9.10. The Balaban J connectivity index is 1.86. The average Bonchev–Trinajstić information content (AvgIpc) is 3.21. The molecule has 0 aliphatic carbocycles. The molecule has 140 valence electrons. The van der Waals surface area contributed by atoms with E-state index < -0.39 is 6.09 Å². The SMILES string of the molecule is Cc1onc(-c2ccc(Br)cc2)c1C(=O)c1c[nH]c(OC(=O)NC(C)C)c1. The topological polar surface area (TPSA) is 97.2 Å². The molecule has 0 atom stereocenters. The Labute approximate surface area is 164 Å². The van der Waals surface area contributed by atoms with Gasteiger partial charge in [0.1, 0.15) is 11.5 Å². The van der Waals surface area contributed by atoms with E-state index in [-0.39, 0.29) is 17.7 Å². The molecule has 0 fully saturated rings. The quantitative estimate of drug-likeness (QED) is 0.580. The fourth-order valence-corrected chi connectivity index (χ4v) is 2.78. The first-order chi connectivity index (χ1) is 12.8. The number of aryl methyl sites for hydroxylation is 1. The maximum Gasteiger partial charge on any atom is 0.414 e. The summed E-state index contributed by atoms with van der Waals surface area (Å²) in [5, 5.41) is 6.64. The number of halogens is 1. The Bertz CT molecular complexity index is 973. The van der Waals surface area contributed by atoms with Gasteiger partial charge in [0.25, 0.3) is 0 Å². The van der Waals surface area contributed by atoms with E-state index in [9.17, 15) is 9.59 Å². The lowest BCUT2D eigenvalue weighted by molar-refractivity contribution is 0.103. The van der Waals surface area contributed by atoms with E-state index in [1.54, 1.807) is 6.92 Å². The second-order valence-electron chi connectivity index (χ2n) is 6.24. The molecule has 1 amide bonds. The van der Waals surface area contributed by atoms with Crippen LogP contribution in [0.15, 0.2) is 45.5 Å². The van der Waals surface area contributed by atoms with Crippen LogP contribution < -0.4 is 10.1 Å². The van der Waals surface area contributed by atoms with Gasteiger partial charge in [0.2, 0.25) is 11.7 Å². The number of amides is 1. The Kier molecular flexibility index (Phi) is 5.46. The van der Waals surface area contributed by atoms with E-state index in [4.69, 9.17) is 9.26 Å². The summed E-state index contributed by atoms with van der Waals surface area (Å²) < 4.78 is 11.3. The van der Waals surface area contributed by atoms with Crippen LogP contribution in [0, 0.1) is 6.92 Å². The van der Waals surface area contributed by atoms with E-state index in [0.29, 0.717) is 22.6 Å². The number of rotatable bonds is 5. The molecule has 7 nitrogen and oxygen atoms in total. The van der Waals surface area contributed by atoms with Gasteiger partial charge in [0, 0.05) is 33.9 Å². The first-order valence-electron chi connectivity index (χ1n) is 8.29. The highest BCUT2D eigenvalue weighted by Gasteiger charge is 2.24. The summed E-state index contributed by atoms with van der Waals surface area (Å²) in [4.78, 5) is 27.4. The number of carbonyl (C=O) groups is 2. The van der Waals surface area contributed by atoms with E-state index in [1.165, 1.54) is 12.3 Å². The maximum absolute atomic E-state index is 13.0. The predicted molar refractivity (Wildman–Crippen MR) is 103 cm³/mol. The zero-order chi connectivity index (χ0) is 19.6. The first-order valence-corrected chi connectivity index (χ1v) is 9.08. The third kappa shape index (κ3) is 4.28. The highest BCUT2D eigenvalue weighted by Crippen LogP contribution is 2.29. The highest BCUT2D eigenvalue weighted by atomic mass is 79.9. The predicted octanol–water partition coefficient (Wildman–Crippen LogP) is 4.47. The van der Waals surface area contributed by atoms with Gasteiger partial charge in [0.15, 0.2) is 0 Å². The van der Waals surface area contributed by atoms with Crippen LogP contribution in [-0.2, 0) is 0 Å². The molecular weight excluding hydrogens is 414 g/mol. The molecule has 0 unspecified atom stereocenters. The molecule has 0 saturated carbocycles. The number of aromatic nitrogens is 2. The summed E-state index contributed by atoms with van der Waals surface area (Å²) in [5.74, 6) is 0.317. The second kappa shape index (κ2) is 7.79. The number of carbonyl (C=O) groups excluding carboxylic acids is 2. The number of nitrogens with zero attached hydrogens (tertiary/aromatic N) is 1. The minimum absolute atomic E-state index is 0.0540. The van der Waals surface area contributed by atoms with Crippen molar-refractivity contribution in [2.24, 2.45) is 0 Å². The molecule has 2 heterocycles. The lowest BCUT2D eigenvalue weighted by Gasteiger charge is -2.07. The van der Waals surface area contributed by atoms with Crippen molar-refractivity contribution >= 4 is 27.8 Å². The number of ketones is 1. The molecule has 0 bridgehead atoms. The summed E-state index contributed by atoms with van der Waals surface area (Å²) >= 11 is 3.38. The van der Waals surface area contributed by atoms with Crippen molar-refractivity contribution in [3.05, 3.63) is 57.9 Å². The van der Waals surface area contributed by atoms with E-state index >= 15 is 0 Å². The minimum Gasteiger partial charge on any atom is -0.393 e. The van der Waals surface area contributed by atoms with Crippen LogP contribution in [0.3, 0.4) is 0 Å². The summed E-state index contributed by atoms with van der Waals surface area (Å²) in [6.45, 7) is 5.33. The Hall–Kier alpha value is -2.87. The van der Waals surface area contributed by atoms with Crippen LogP contribution in [0.5, 0.6) is 5.88 Å². The molecule has 1 aromatic carbocycles. The van der Waals surface area contributed by atoms with Gasteiger partial charge in [-0.2, -0.15) is 0 Å². The average molecular weight is 432 g/mol. The lowest BCUT2D eigenvalue weighted by Crippen LogP contribution is -2.32. The fourth-order valence-electron chi connectivity index (χ4n) is 2.52. The molecule has 0 aliphatic rings. The molecular formula is C19H18BrN3O4. The number of H-pyrrole nitrogens is 1. The fraction of sp³-hybridized carbons (Fsp3) is 0.211. The van der Waals surface area contributed by atoms with Gasteiger partial charge in [-0.3, -0.25) is 4.79 Å². The van der Waals surface area contributed by atoms with Gasteiger partial charge in [-0.05, 0) is 32.9 Å². The third-order valence-electron chi connectivity index (χ3n) is 3.74. The number of hydrogen-bond acceptors (Lipinski definition) is 5. The first kappa shape index (κ1) is 18.9. The van der Waals surface area contributed by atoms with Crippen LogP contribution in [-0.4, -0.2) is 28.1 Å². The van der Waals surface area contributed by atoms with Crippen molar-refractivity contribution in [2.75, 3.05) is 0 Å². The van der Waals surface area contributed by atoms with Gasteiger partial charge in [-0.1, -0.05) is 33.2 Å².